The Labute approximate surface area is 240 Å². The number of benzene rings is 3. The lowest BCUT2D eigenvalue weighted by atomic mass is 10.00. The van der Waals surface area contributed by atoms with Gasteiger partial charge in [-0.1, -0.05) is 12.1 Å². The van der Waals surface area contributed by atoms with Crippen LogP contribution in [0.4, 0.5) is 26.0 Å². The molecule has 2 aromatic heterocycles. The minimum Gasteiger partial charge on any atom is -0.490 e. The number of nitrogens with zero attached hydrogens (tertiary/aromatic N) is 3. The lowest BCUT2D eigenvalue weighted by molar-refractivity contribution is 0.311. The Morgan fingerprint density at radius 3 is 2.60 bits per heavy atom. The Morgan fingerprint density at radius 2 is 1.81 bits per heavy atom. The van der Waals surface area contributed by atoms with Crippen molar-refractivity contribution in [3.05, 3.63) is 84.6 Å². The maximum absolute atomic E-state index is 14.3. The summed E-state index contributed by atoms with van der Waals surface area (Å²) in [6.07, 6.45) is 1.53. The average Bonchev–Trinajstić information content (AvgIpc) is 2.96. The molecular formula is C30H25F2N5O4S. The first kappa shape index (κ1) is 27.2. The van der Waals surface area contributed by atoms with Crippen molar-refractivity contribution in [3.8, 4) is 33.9 Å². The van der Waals surface area contributed by atoms with E-state index >= 15 is 0 Å². The summed E-state index contributed by atoms with van der Waals surface area (Å²) in [5.41, 5.74) is 10.9. The smallest absolute Gasteiger partial charge is 0.264 e. The molecule has 1 aliphatic rings. The monoisotopic (exact) mass is 589 g/mol. The molecule has 0 spiro atoms. The van der Waals surface area contributed by atoms with Crippen molar-refractivity contribution in [2.24, 2.45) is 0 Å². The van der Waals surface area contributed by atoms with E-state index in [1.54, 1.807) is 12.1 Å². The summed E-state index contributed by atoms with van der Waals surface area (Å²) in [6.45, 7) is 1.40. The van der Waals surface area contributed by atoms with Crippen molar-refractivity contribution in [2.75, 3.05) is 42.7 Å². The van der Waals surface area contributed by atoms with Crippen molar-refractivity contribution in [3.63, 3.8) is 0 Å². The Balaban J connectivity index is 1.38. The molecule has 0 amide bonds. The molecule has 9 nitrogen and oxygen atoms in total. The molecule has 3 heterocycles. The van der Waals surface area contributed by atoms with Crippen molar-refractivity contribution in [2.45, 2.75) is 4.90 Å². The van der Waals surface area contributed by atoms with Gasteiger partial charge in [-0.3, -0.25) is 4.72 Å². The predicted octanol–water partition coefficient (Wildman–Crippen LogP) is 5.46. The van der Waals surface area contributed by atoms with Crippen LogP contribution in [-0.2, 0) is 10.0 Å². The fourth-order valence-corrected chi connectivity index (χ4v) is 5.98. The second-order valence-electron chi connectivity index (χ2n) is 9.74. The normalized spacial score (nSPS) is 13.0. The first-order valence-corrected chi connectivity index (χ1v) is 14.3. The highest BCUT2D eigenvalue weighted by atomic mass is 32.2. The van der Waals surface area contributed by atoms with E-state index < -0.39 is 26.6 Å². The number of nitrogens with two attached hydrogens (primary N) is 1. The largest absolute Gasteiger partial charge is 0.490 e. The molecule has 0 radical (unpaired) electrons. The van der Waals surface area contributed by atoms with Gasteiger partial charge in [0.2, 0.25) is 5.88 Å². The summed E-state index contributed by atoms with van der Waals surface area (Å²) in [4.78, 5) is 10.2. The third kappa shape index (κ3) is 5.00. The molecule has 12 heteroatoms. The van der Waals surface area contributed by atoms with Crippen LogP contribution in [0.1, 0.15) is 0 Å². The van der Waals surface area contributed by atoms with Crippen LogP contribution in [0.5, 0.6) is 11.6 Å². The lowest BCUT2D eigenvalue weighted by Gasteiger charge is -2.28. The summed E-state index contributed by atoms with van der Waals surface area (Å²) in [7, 11) is -1.08. The average molecular weight is 590 g/mol. The molecule has 214 valence electrons. The van der Waals surface area contributed by atoms with Gasteiger partial charge in [0.1, 0.15) is 40.4 Å². The highest BCUT2D eigenvalue weighted by Gasteiger charge is 2.23. The molecule has 0 aliphatic carbocycles. The number of rotatable bonds is 6. The van der Waals surface area contributed by atoms with E-state index in [0.717, 1.165) is 46.6 Å². The summed E-state index contributed by atoms with van der Waals surface area (Å²) >= 11 is 0. The van der Waals surface area contributed by atoms with Crippen molar-refractivity contribution in [1.82, 2.24) is 9.97 Å². The van der Waals surface area contributed by atoms with Crippen LogP contribution < -0.4 is 24.8 Å². The van der Waals surface area contributed by atoms with Gasteiger partial charge in [-0.15, -0.1) is 0 Å². The number of aromatic nitrogens is 2. The van der Waals surface area contributed by atoms with Gasteiger partial charge in [-0.2, -0.15) is 0 Å². The molecule has 3 N–H and O–H groups in total. The molecule has 0 fully saturated rings. The molecule has 0 saturated heterocycles. The molecule has 0 bridgehead atoms. The Hall–Kier alpha value is -4.97. The molecular weight excluding hydrogens is 564 g/mol. The van der Waals surface area contributed by atoms with Crippen LogP contribution in [0.15, 0.2) is 77.8 Å². The second kappa shape index (κ2) is 10.5. The molecule has 0 saturated carbocycles. The SMILES string of the molecule is COc1ncc(-c2ccc3nc(N)c(-c4ccc5c(c4)OCCN5C)cc3c2)cc1NS(=O)(=O)c1ccc(F)cc1F. The second-order valence-corrected chi connectivity index (χ2v) is 11.4. The number of nitrogens with one attached hydrogen (secondary N) is 1. The maximum Gasteiger partial charge on any atom is 0.264 e. The van der Waals surface area contributed by atoms with E-state index in [1.807, 2.05) is 37.4 Å². The first-order chi connectivity index (χ1) is 20.1. The van der Waals surface area contributed by atoms with E-state index in [-0.39, 0.29) is 11.6 Å². The highest BCUT2D eigenvalue weighted by molar-refractivity contribution is 7.92. The summed E-state index contributed by atoms with van der Waals surface area (Å²) in [6, 6.07) is 17.1. The number of anilines is 3. The summed E-state index contributed by atoms with van der Waals surface area (Å²) in [5.74, 6) is -0.997. The number of pyridine rings is 2. The number of fused-ring (bicyclic) bond motifs is 2. The number of halogens is 2. The Bertz CT molecular complexity index is 1970. The molecule has 1 aliphatic heterocycles. The maximum atomic E-state index is 14.3. The van der Waals surface area contributed by atoms with E-state index in [1.165, 1.54) is 19.4 Å². The highest BCUT2D eigenvalue weighted by Crippen LogP contribution is 2.38. The van der Waals surface area contributed by atoms with Crippen LogP contribution in [-0.4, -0.2) is 45.7 Å². The van der Waals surface area contributed by atoms with Gasteiger partial charge < -0.3 is 20.1 Å². The van der Waals surface area contributed by atoms with Crippen LogP contribution in [0, 0.1) is 11.6 Å². The van der Waals surface area contributed by atoms with Gasteiger partial charge in [0.25, 0.3) is 10.0 Å². The zero-order valence-corrected chi connectivity index (χ0v) is 23.4. The molecule has 42 heavy (non-hydrogen) atoms. The van der Waals surface area contributed by atoms with Crippen molar-refractivity contribution < 1.29 is 26.7 Å². The quantitative estimate of drug-likeness (QED) is 0.268. The number of ether oxygens (including phenoxy) is 2. The molecule has 5 aromatic rings. The summed E-state index contributed by atoms with van der Waals surface area (Å²) in [5, 5.41) is 0.791. The van der Waals surface area contributed by atoms with Gasteiger partial charge in [0.05, 0.1) is 24.9 Å². The number of sulfonamides is 1. The minimum atomic E-state index is -4.43. The number of methoxy groups -OCH3 is 1. The number of likely N-dealkylation sites (N-methyl/N-ethyl adjacent to an activating group) is 1. The molecule has 0 unspecified atom stereocenters. The van der Waals surface area contributed by atoms with Crippen LogP contribution in [0.25, 0.3) is 33.2 Å². The van der Waals surface area contributed by atoms with Crippen LogP contribution in [0.3, 0.4) is 0 Å². The lowest BCUT2D eigenvalue weighted by Crippen LogP contribution is -2.28. The van der Waals surface area contributed by atoms with Gasteiger partial charge in [0, 0.05) is 35.8 Å². The van der Waals surface area contributed by atoms with Crippen LogP contribution in [0.2, 0.25) is 0 Å². The molecule has 3 aromatic carbocycles. The van der Waals surface area contributed by atoms with E-state index in [9.17, 15) is 17.2 Å². The molecule has 0 atom stereocenters. The predicted molar refractivity (Wildman–Crippen MR) is 157 cm³/mol. The molecule has 6 rings (SSSR count). The minimum absolute atomic E-state index is 0.0195. The fraction of sp³-hybridized carbons (Fsp3) is 0.133. The van der Waals surface area contributed by atoms with E-state index in [2.05, 4.69) is 19.6 Å². The third-order valence-corrected chi connectivity index (χ3v) is 8.41. The van der Waals surface area contributed by atoms with Gasteiger partial charge in [0.15, 0.2) is 0 Å². The fourth-order valence-electron chi connectivity index (χ4n) is 4.87. The van der Waals surface area contributed by atoms with E-state index in [4.69, 9.17) is 15.2 Å². The Kier molecular flexibility index (Phi) is 6.77. The van der Waals surface area contributed by atoms with E-state index in [0.29, 0.717) is 35.1 Å². The summed E-state index contributed by atoms with van der Waals surface area (Å²) < 4.78 is 66.9. The zero-order valence-electron chi connectivity index (χ0n) is 22.6. The van der Waals surface area contributed by atoms with Gasteiger partial charge >= 0.3 is 0 Å². The number of hydrogen-bond donors (Lipinski definition) is 2. The van der Waals surface area contributed by atoms with Crippen LogP contribution >= 0.6 is 0 Å². The third-order valence-electron chi connectivity index (χ3n) is 7.02. The van der Waals surface area contributed by atoms with Gasteiger partial charge in [-0.25, -0.2) is 27.2 Å². The Morgan fingerprint density at radius 1 is 1.00 bits per heavy atom. The number of nitrogen functional groups attached to an aromatic ring is 1. The number of hydrogen-bond acceptors (Lipinski definition) is 8. The van der Waals surface area contributed by atoms with Crippen molar-refractivity contribution in [1.29, 1.82) is 0 Å². The van der Waals surface area contributed by atoms with Gasteiger partial charge in [-0.05, 0) is 59.7 Å². The topological polar surface area (TPSA) is 120 Å². The standard InChI is InChI=1S/C30H25F2N5O4S/c1-37-9-10-41-27-14-18(4-7-26(27)37)22-12-19-11-17(3-6-24(19)35-29(22)33)20-13-25(30(40-2)34-16-20)36-42(38,39)28-8-5-21(31)15-23(28)32/h3-8,11-16,36H,9-10H2,1-2H3,(H2,33,35). The zero-order chi connectivity index (χ0) is 29.6. The first-order valence-electron chi connectivity index (χ1n) is 12.8. The van der Waals surface area contributed by atoms with Crippen molar-refractivity contribution >= 4 is 38.1 Å².